The molecule has 1 amide bonds. The maximum absolute atomic E-state index is 13.6. The molecule has 0 aliphatic carbocycles. The Bertz CT molecular complexity index is 1330. The molecule has 4 aromatic rings. The van der Waals surface area contributed by atoms with Crippen molar-refractivity contribution in [3.8, 4) is 16.9 Å². The van der Waals surface area contributed by atoms with Crippen LogP contribution in [0.15, 0.2) is 72.0 Å². The van der Waals surface area contributed by atoms with Crippen LogP contribution in [0.3, 0.4) is 0 Å². The predicted molar refractivity (Wildman–Crippen MR) is 109 cm³/mol. The van der Waals surface area contributed by atoms with E-state index >= 15 is 0 Å². The van der Waals surface area contributed by atoms with Crippen molar-refractivity contribution < 1.29 is 18.0 Å². The van der Waals surface area contributed by atoms with E-state index in [4.69, 9.17) is 0 Å². The molecule has 0 saturated heterocycles. The molecule has 0 radical (unpaired) electrons. The molecule has 162 valence electrons. The number of anilines is 1. The van der Waals surface area contributed by atoms with Crippen LogP contribution in [-0.4, -0.2) is 30.2 Å². The van der Waals surface area contributed by atoms with Crippen LogP contribution in [0.2, 0.25) is 0 Å². The molecule has 0 saturated carbocycles. The summed E-state index contributed by atoms with van der Waals surface area (Å²) in [7, 11) is 1.51. The van der Waals surface area contributed by atoms with E-state index in [0.717, 1.165) is 10.7 Å². The van der Waals surface area contributed by atoms with Crippen LogP contribution in [0.5, 0.6) is 0 Å². The third kappa shape index (κ3) is 4.26. The van der Waals surface area contributed by atoms with Crippen molar-refractivity contribution in [2.24, 2.45) is 7.05 Å². The number of nitrogens with zero attached hydrogens (tertiary/aromatic N) is 5. The number of hydrogen-bond donors (Lipinski definition) is 1. The van der Waals surface area contributed by atoms with Crippen molar-refractivity contribution in [3.63, 3.8) is 0 Å². The van der Waals surface area contributed by atoms with Gasteiger partial charge in [-0.3, -0.25) is 14.6 Å². The lowest BCUT2D eigenvalue weighted by atomic mass is 10.2. The Labute approximate surface area is 179 Å². The van der Waals surface area contributed by atoms with Gasteiger partial charge in [-0.25, -0.2) is 9.67 Å². The Hall–Kier alpha value is -4.28. The first-order valence-electron chi connectivity index (χ1n) is 9.24. The highest BCUT2D eigenvalue weighted by atomic mass is 19.4. The van der Waals surface area contributed by atoms with Gasteiger partial charge in [0.2, 0.25) is 5.56 Å². The van der Waals surface area contributed by atoms with Crippen LogP contribution < -0.4 is 10.9 Å². The van der Waals surface area contributed by atoms with Crippen LogP contribution in [0.25, 0.3) is 16.9 Å². The van der Waals surface area contributed by atoms with Crippen LogP contribution in [0.1, 0.15) is 16.1 Å². The summed E-state index contributed by atoms with van der Waals surface area (Å²) in [4.78, 5) is 31.7. The molecule has 32 heavy (non-hydrogen) atoms. The van der Waals surface area contributed by atoms with E-state index in [2.05, 4.69) is 20.4 Å². The second-order valence-electron chi connectivity index (χ2n) is 6.79. The van der Waals surface area contributed by atoms with Crippen molar-refractivity contribution in [2.45, 2.75) is 6.18 Å². The normalized spacial score (nSPS) is 11.4. The number of alkyl halides is 3. The van der Waals surface area contributed by atoms with Crippen molar-refractivity contribution in [3.05, 3.63) is 88.9 Å². The van der Waals surface area contributed by atoms with E-state index in [9.17, 15) is 22.8 Å². The SMILES string of the molecule is Cn1cc(C(=O)Nc2ccc(-n3nc(-c4cccnc4)cc3C(F)(F)F)cn2)ccc1=O. The fourth-order valence-electron chi connectivity index (χ4n) is 2.94. The molecule has 8 nitrogen and oxygen atoms in total. The van der Waals surface area contributed by atoms with Crippen molar-refractivity contribution in [1.82, 2.24) is 24.3 Å². The molecule has 0 bridgehead atoms. The second kappa shape index (κ2) is 8.10. The van der Waals surface area contributed by atoms with E-state index in [1.54, 1.807) is 12.1 Å². The van der Waals surface area contributed by atoms with E-state index < -0.39 is 17.8 Å². The molecular formula is C21H15F3N6O2. The Balaban J connectivity index is 1.62. The molecule has 0 aliphatic rings. The first-order chi connectivity index (χ1) is 15.2. The van der Waals surface area contributed by atoms with E-state index in [-0.39, 0.29) is 28.3 Å². The Kier molecular flexibility index (Phi) is 5.31. The third-order valence-electron chi connectivity index (χ3n) is 4.54. The molecule has 0 unspecified atom stereocenters. The molecule has 0 aliphatic heterocycles. The minimum Gasteiger partial charge on any atom is -0.318 e. The van der Waals surface area contributed by atoms with Crippen LogP contribution in [-0.2, 0) is 13.2 Å². The van der Waals surface area contributed by atoms with E-state index in [1.165, 1.54) is 60.7 Å². The molecule has 11 heteroatoms. The minimum absolute atomic E-state index is 0.0626. The lowest BCUT2D eigenvalue weighted by Crippen LogP contribution is -2.20. The molecule has 0 atom stereocenters. The number of aryl methyl sites for hydroxylation is 1. The summed E-state index contributed by atoms with van der Waals surface area (Å²) in [6, 6.07) is 9.49. The third-order valence-corrected chi connectivity index (χ3v) is 4.54. The maximum atomic E-state index is 13.6. The van der Waals surface area contributed by atoms with Gasteiger partial charge in [0, 0.05) is 37.3 Å². The molecule has 0 spiro atoms. The largest absolute Gasteiger partial charge is 0.433 e. The Morgan fingerprint density at radius 2 is 1.91 bits per heavy atom. The average Bonchev–Trinajstić information content (AvgIpc) is 3.23. The van der Waals surface area contributed by atoms with Crippen LogP contribution in [0.4, 0.5) is 19.0 Å². The van der Waals surface area contributed by atoms with Crippen LogP contribution >= 0.6 is 0 Å². The van der Waals surface area contributed by atoms with Gasteiger partial charge in [0.05, 0.1) is 23.1 Å². The fraction of sp³-hybridized carbons (Fsp3) is 0.0952. The van der Waals surface area contributed by atoms with Gasteiger partial charge in [-0.1, -0.05) is 0 Å². The average molecular weight is 440 g/mol. The molecule has 4 rings (SSSR count). The Morgan fingerprint density at radius 1 is 1.09 bits per heavy atom. The highest BCUT2D eigenvalue weighted by molar-refractivity contribution is 6.03. The lowest BCUT2D eigenvalue weighted by Gasteiger charge is -2.11. The number of carbonyl (C=O) groups excluding carboxylic acids is 1. The standard InChI is InChI=1S/C21H15F3N6O2/c1-29-12-14(4-7-19(29)31)20(32)27-18-6-5-15(11-26-18)30-17(21(22,23)24)9-16(28-30)13-3-2-8-25-10-13/h2-12H,1H3,(H,26,27,32). The van der Waals surface area contributed by atoms with Gasteiger partial charge in [0.25, 0.3) is 5.91 Å². The smallest absolute Gasteiger partial charge is 0.318 e. The molecular weight excluding hydrogens is 425 g/mol. The quantitative estimate of drug-likeness (QED) is 0.526. The van der Waals surface area contributed by atoms with Gasteiger partial charge >= 0.3 is 6.18 Å². The Morgan fingerprint density at radius 3 is 2.53 bits per heavy atom. The minimum atomic E-state index is -4.65. The van der Waals surface area contributed by atoms with Crippen molar-refractivity contribution in [2.75, 3.05) is 5.32 Å². The van der Waals surface area contributed by atoms with Crippen molar-refractivity contribution >= 4 is 11.7 Å². The van der Waals surface area contributed by atoms with Gasteiger partial charge < -0.3 is 9.88 Å². The van der Waals surface area contributed by atoms with Gasteiger partial charge in [-0.2, -0.15) is 18.3 Å². The summed E-state index contributed by atoms with van der Waals surface area (Å²) in [5.74, 6) is -0.393. The monoisotopic (exact) mass is 440 g/mol. The summed E-state index contributed by atoms with van der Waals surface area (Å²) in [6.45, 7) is 0. The molecule has 4 aromatic heterocycles. The summed E-state index contributed by atoms with van der Waals surface area (Å²) in [6.07, 6.45) is 0.820. The number of pyridine rings is 3. The van der Waals surface area contributed by atoms with Gasteiger partial charge in [-0.15, -0.1) is 0 Å². The number of nitrogens with one attached hydrogen (secondary N) is 1. The van der Waals surface area contributed by atoms with Gasteiger partial charge in [0.15, 0.2) is 0 Å². The van der Waals surface area contributed by atoms with Crippen molar-refractivity contribution in [1.29, 1.82) is 0 Å². The lowest BCUT2D eigenvalue weighted by molar-refractivity contribution is -0.142. The molecule has 1 N–H and O–H groups in total. The zero-order valence-corrected chi connectivity index (χ0v) is 16.5. The highest BCUT2D eigenvalue weighted by Crippen LogP contribution is 2.33. The zero-order chi connectivity index (χ0) is 22.9. The van der Waals surface area contributed by atoms with Gasteiger partial charge in [-0.05, 0) is 36.4 Å². The summed E-state index contributed by atoms with van der Waals surface area (Å²) >= 11 is 0. The molecule has 0 fully saturated rings. The van der Waals surface area contributed by atoms with E-state index in [1.807, 2.05) is 0 Å². The second-order valence-corrected chi connectivity index (χ2v) is 6.79. The number of rotatable bonds is 4. The van der Waals surface area contributed by atoms with Crippen LogP contribution in [0, 0.1) is 0 Å². The highest BCUT2D eigenvalue weighted by Gasteiger charge is 2.36. The maximum Gasteiger partial charge on any atom is 0.433 e. The topological polar surface area (TPSA) is 94.7 Å². The number of halogens is 3. The predicted octanol–water partition coefficient (Wildman–Crippen LogP) is 3.30. The summed E-state index contributed by atoms with van der Waals surface area (Å²) < 4.78 is 42.8. The molecule has 4 heterocycles. The summed E-state index contributed by atoms with van der Waals surface area (Å²) in [5, 5.41) is 6.60. The number of carbonyl (C=O) groups is 1. The first-order valence-corrected chi connectivity index (χ1v) is 9.24. The first kappa shape index (κ1) is 21.0. The van der Waals surface area contributed by atoms with Gasteiger partial charge in [0.1, 0.15) is 11.5 Å². The fourth-order valence-corrected chi connectivity index (χ4v) is 2.94. The zero-order valence-electron chi connectivity index (χ0n) is 16.5. The number of hydrogen-bond acceptors (Lipinski definition) is 5. The number of amides is 1. The molecule has 0 aromatic carbocycles. The summed E-state index contributed by atoms with van der Waals surface area (Å²) in [5.41, 5.74) is -0.407. The van der Waals surface area contributed by atoms with E-state index in [0.29, 0.717) is 5.56 Å². The number of aromatic nitrogens is 5.